The first-order valence-electron chi connectivity index (χ1n) is 12.5. The Morgan fingerprint density at radius 2 is 1.58 bits per heavy atom. The van der Waals surface area contributed by atoms with Crippen LogP contribution < -0.4 is 39.3 Å². The van der Waals surface area contributed by atoms with Gasteiger partial charge in [0.2, 0.25) is 17.7 Å². The fraction of sp³-hybridized carbons (Fsp3) is 0.727. The molecule has 38 heavy (non-hydrogen) atoms. The van der Waals surface area contributed by atoms with Gasteiger partial charge in [0, 0.05) is 19.6 Å². The molecule has 0 aromatic rings. The Bertz CT molecular complexity index is 863. The van der Waals surface area contributed by atoms with Crippen molar-refractivity contribution in [3.8, 4) is 0 Å². The zero-order valence-electron chi connectivity index (χ0n) is 21.8. The first-order chi connectivity index (χ1) is 18.0. The third kappa shape index (κ3) is 11.9. The molecule has 216 valence electrons. The van der Waals surface area contributed by atoms with E-state index in [4.69, 9.17) is 28.7 Å². The van der Waals surface area contributed by atoms with Gasteiger partial charge >= 0.3 is 5.97 Å². The summed E-state index contributed by atoms with van der Waals surface area (Å²) >= 11 is 1.51. The summed E-state index contributed by atoms with van der Waals surface area (Å²) in [6.45, 7) is 0.868. The zero-order chi connectivity index (χ0) is 28.7. The number of carboxylic acids is 1. The van der Waals surface area contributed by atoms with Crippen molar-refractivity contribution >= 4 is 47.4 Å². The lowest BCUT2D eigenvalue weighted by Crippen LogP contribution is -2.56. The predicted octanol–water partition coefficient (Wildman–Crippen LogP) is -2.78. The summed E-state index contributed by atoms with van der Waals surface area (Å²) in [5.41, 5.74) is 27.1. The number of aliphatic carboxylic acids is 1. The van der Waals surface area contributed by atoms with E-state index < -0.39 is 47.9 Å². The highest BCUT2D eigenvalue weighted by molar-refractivity contribution is 7.98. The minimum atomic E-state index is -1.20. The van der Waals surface area contributed by atoms with E-state index in [9.17, 15) is 24.3 Å². The van der Waals surface area contributed by atoms with Gasteiger partial charge in [-0.2, -0.15) is 11.8 Å². The first-order valence-corrected chi connectivity index (χ1v) is 13.9. The summed E-state index contributed by atoms with van der Waals surface area (Å²) in [5.74, 6) is -2.20. The highest BCUT2D eigenvalue weighted by Crippen LogP contribution is 2.20. The molecular formula is C22H42N10O5S. The monoisotopic (exact) mass is 558 g/mol. The van der Waals surface area contributed by atoms with Gasteiger partial charge in [-0.1, -0.05) is 0 Å². The van der Waals surface area contributed by atoms with Gasteiger partial charge in [0.05, 0.1) is 6.04 Å². The Morgan fingerprint density at radius 1 is 0.974 bits per heavy atom. The van der Waals surface area contributed by atoms with E-state index in [1.807, 2.05) is 6.26 Å². The Kier molecular flexibility index (Phi) is 14.9. The number of carbonyl (C=O) groups excluding carboxylic acids is 3. The fourth-order valence-corrected chi connectivity index (χ4v) is 4.43. The lowest BCUT2D eigenvalue weighted by atomic mass is 10.1. The highest BCUT2D eigenvalue weighted by Gasteiger charge is 2.38. The van der Waals surface area contributed by atoms with Crippen molar-refractivity contribution in [2.75, 3.05) is 31.6 Å². The minimum Gasteiger partial charge on any atom is -0.480 e. The molecule has 0 spiro atoms. The quantitative estimate of drug-likeness (QED) is 0.0513. The molecule has 1 aliphatic rings. The largest absolute Gasteiger partial charge is 0.480 e. The number of likely N-dealkylation sites (tertiary alicyclic amines) is 1. The van der Waals surface area contributed by atoms with Crippen molar-refractivity contribution in [1.82, 2.24) is 15.5 Å². The molecule has 13 N–H and O–H groups in total. The Morgan fingerprint density at radius 3 is 2.13 bits per heavy atom. The SMILES string of the molecule is CSCCC(NC(=O)C(N)CCCN=C(N)N)C(=O)N1CCCC1C(=O)NC(CCCN=C(N)N)C(=O)O. The smallest absolute Gasteiger partial charge is 0.326 e. The maximum Gasteiger partial charge on any atom is 0.326 e. The number of hydrogen-bond donors (Lipinski definition) is 8. The summed E-state index contributed by atoms with van der Waals surface area (Å²) in [6, 6.07) is -3.73. The lowest BCUT2D eigenvalue weighted by Gasteiger charge is -2.30. The Labute approximate surface area is 226 Å². The first kappa shape index (κ1) is 32.8. The maximum absolute atomic E-state index is 13.4. The summed E-state index contributed by atoms with van der Waals surface area (Å²) in [4.78, 5) is 59.9. The van der Waals surface area contributed by atoms with Crippen molar-refractivity contribution < 1.29 is 24.3 Å². The van der Waals surface area contributed by atoms with Crippen LogP contribution in [0.4, 0.5) is 0 Å². The van der Waals surface area contributed by atoms with Crippen LogP contribution in [0.5, 0.6) is 0 Å². The lowest BCUT2D eigenvalue weighted by molar-refractivity contribution is -0.145. The molecule has 0 radical (unpaired) electrons. The summed E-state index contributed by atoms with van der Waals surface area (Å²) < 4.78 is 0. The normalized spacial score (nSPS) is 17.1. The fourth-order valence-electron chi connectivity index (χ4n) is 3.95. The number of carboxylic acid groups (broad SMARTS) is 1. The molecule has 0 aliphatic carbocycles. The summed E-state index contributed by atoms with van der Waals surface area (Å²) in [7, 11) is 0. The highest BCUT2D eigenvalue weighted by atomic mass is 32.2. The van der Waals surface area contributed by atoms with Crippen LogP contribution in [0.2, 0.25) is 0 Å². The van der Waals surface area contributed by atoms with Crippen molar-refractivity contribution in [2.24, 2.45) is 38.7 Å². The van der Waals surface area contributed by atoms with Gasteiger partial charge in [-0.15, -0.1) is 0 Å². The van der Waals surface area contributed by atoms with Gasteiger partial charge in [-0.25, -0.2) is 4.79 Å². The van der Waals surface area contributed by atoms with E-state index in [-0.39, 0.29) is 24.9 Å². The van der Waals surface area contributed by atoms with Crippen LogP contribution in [0.3, 0.4) is 0 Å². The molecule has 15 nitrogen and oxygen atoms in total. The van der Waals surface area contributed by atoms with Gasteiger partial charge in [0.25, 0.3) is 0 Å². The molecule has 1 rings (SSSR count). The van der Waals surface area contributed by atoms with E-state index in [2.05, 4.69) is 20.6 Å². The van der Waals surface area contributed by atoms with Crippen molar-refractivity contribution in [3.63, 3.8) is 0 Å². The molecule has 3 amide bonds. The molecule has 0 aromatic carbocycles. The molecule has 0 bridgehead atoms. The molecule has 1 heterocycles. The van der Waals surface area contributed by atoms with Crippen LogP contribution in [0.1, 0.15) is 44.9 Å². The predicted molar refractivity (Wildman–Crippen MR) is 147 cm³/mol. The molecule has 1 fully saturated rings. The third-order valence-electron chi connectivity index (χ3n) is 5.93. The number of thioether (sulfide) groups is 1. The van der Waals surface area contributed by atoms with Crippen LogP contribution in [-0.4, -0.2) is 101 Å². The van der Waals surface area contributed by atoms with Crippen LogP contribution >= 0.6 is 11.8 Å². The second kappa shape index (κ2) is 17.3. The minimum absolute atomic E-state index is 0.0458. The summed E-state index contributed by atoms with van der Waals surface area (Å²) in [5, 5.41) is 14.8. The van der Waals surface area contributed by atoms with Gasteiger partial charge in [-0.3, -0.25) is 24.4 Å². The summed E-state index contributed by atoms with van der Waals surface area (Å²) in [6.07, 6.45) is 4.44. The number of nitrogens with zero attached hydrogens (tertiary/aromatic N) is 3. The second-order valence-electron chi connectivity index (χ2n) is 8.94. The topological polar surface area (TPSA) is 271 Å². The van der Waals surface area contributed by atoms with Gasteiger partial charge in [0.1, 0.15) is 18.1 Å². The van der Waals surface area contributed by atoms with E-state index >= 15 is 0 Å². The van der Waals surface area contributed by atoms with E-state index in [1.54, 1.807) is 0 Å². The number of guanidine groups is 2. The molecule has 4 atom stereocenters. The van der Waals surface area contributed by atoms with E-state index in [1.165, 1.54) is 16.7 Å². The second-order valence-corrected chi connectivity index (χ2v) is 9.92. The molecule has 16 heteroatoms. The zero-order valence-corrected chi connectivity index (χ0v) is 22.6. The third-order valence-corrected chi connectivity index (χ3v) is 6.57. The number of nitrogens with two attached hydrogens (primary N) is 5. The number of rotatable bonds is 17. The molecule has 1 aliphatic heterocycles. The van der Waals surface area contributed by atoms with E-state index in [0.717, 1.165) is 0 Å². The number of aliphatic imine (C=N–C) groups is 2. The molecule has 0 saturated carbocycles. The number of nitrogens with one attached hydrogen (secondary N) is 2. The number of hydrogen-bond acceptors (Lipinski definition) is 8. The van der Waals surface area contributed by atoms with Gasteiger partial charge < -0.3 is 49.3 Å². The molecular weight excluding hydrogens is 516 g/mol. The average molecular weight is 559 g/mol. The number of amides is 3. The molecule has 1 saturated heterocycles. The standard InChI is InChI=1S/C22H42N10O5S/c1-38-12-8-14(30-17(33)13(23)5-2-9-28-21(24)25)19(35)32-11-4-7-16(32)18(34)31-15(20(36)37)6-3-10-29-22(26)27/h13-16H,2-12,23H2,1H3,(H,30,33)(H,31,34)(H,36,37)(H4,24,25,28)(H4,26,27,29). The van der Waals surface area contributed by atoms with Crippen molar-refractivity contribution in [2.45, 2.75) is 69.1 Å². The maximum atomic E-state index is 13.4. The molecule has 0 aromatic heterocycles. The van der Waals surface area contributed by atoms with Crippen LogP contribution in [0.25, 0.3) is 0 Å². The van der Waals surface area contributed by atoms with Gasteiger partial charge in [0.15, 0.2) is 11.9 Å². The van der Waals surface area contributed by atoms with Crippen molar-refractivity contribution in [3.05, 3.63) is 0 Å². The number of carbonyl (C=O) groups is 4. The van der Waals surface area contributed by atoms with Crippen molar-refractivity contribution in [1.29, 1.82) is 0 Å². The van der Waals surface area contributed by atoms with Crippen LogP contribution in [-0.2, 0) is 19.2 Å². The molecule has 4 unspecified atom stereocenters. The van der Waals surface area contributed by atoms with Gasteiger partial charge in [-0.05, 0) is 57.0 Å². The Balaban J connectivity index is 2.83. The van der Waals surface area contributed by atoms with Crippen LogP contribution in [0.15, 0.2) is 9.98 Å². The Hall–Kier alpha value is -3.27. The average Bonchev–Trinajstić information content (AvgIpc) is 3.35. The van der Waals surface area contributed by atoms with Crippen LogP contribution in [0, 0.1) is 0 Å². The van der Waals surface area contributed by atoms with E-state index in [0.29, 0.717) is 57.4 Å².